The van der Waals surface area contributed by atoms with Gasteiger partial charge < -0.3 is 14.4 Å². The predicted molar refractivity (Wildman–Crippen MR) is 59.4 cm³/mol. The van der Waals surface area contributed by atoms with E-state index in [0.29, 0.717) is 13.1 Å². The van der Waals surface area contributed by atoms with Crippen molar-refractivity contribution in [2.24, 2.45) is 5.92 Å². The lowest BCUT2D eigenvalue weighted by molar-refractivity contribution is -0.0514. The summed E-state index contributed by atoms with van der Waals surface area (Å²) in [4.78, 5) is 13.4. The molecule has 2 heterocycles. The number of aliphatic hydroxyl groups is 1. The van der Waals surface area contributed by atoms with E-state index in [1.807, 2.05) is 0 Å². The second-order valence-electron chi connectivity index (χ2n) is 4.66. The molecule has 0 aromatic carbocycles. The first-order valence-corrected chi connectivity index (χ1v) is 5.52. The molecule has 0 radical (unpaired) electrons. The smallest absolute Gasteiger partial charge is 0.289 e. The second-order valence-corrected chi connectivity index (χ2v) is 5.04. The number of carbonyl (C=O) groups excluding carboxylic acids is 1. The number of rotatable bonds is 2. The first-order valence-electron chi connectivity index (χ1n) is 5.15. The van der Waals surface area contributed by atoms with Gasteiger partial charge in [0.25, 0.3) is 5.91 Å². The van der Waals surface area contributed by atoms with Gasteiger partial charge in [-0.15, -0.1) is 0 Å². The third-order valence-corrected chi connectivity index (χ3v) is 3.15. The maximum absolute atomic E-state index is 11.8. The van der Waals surface area contributed by atoms with Crippen molar-refractivity contribution in [2.75, 3.05) is 13.1 Å². The van der Waals surface area contributed by atoms with Crippen LogP contribution >= 0.6 is 11.6 Å². The second kappa shape index (κ2) is 3.79. The molecular formula is C11H14ClNO3. The molecule has 88 valence electrons. The van der Waals surface area contributed by atoms with Crippen molar-refractivity contribution in [3.8, 4) is 0 Å². The average molecular weight is 244 g/mol. The van der Waals surface area contributed by atoms with E-state index >= 15 is 0 Å². The number of nitrogens with zero attached hydrogens (tertiary/aromatic N) is 1. The lowest BCUT2D eigenvalue weighted by Gasteiger charge is -2.44. The highest BCUT2D eigenvalue weighted by Crippen LogP contribution is 2.28. The van der Waals surface area contributed by atoms with Gasteiger partial charge in [0.15, 0.2) is 11.0 Å². The van der Waals surface area contributed by atoms with E-state index in [4.69, 9.17) is 16.0 Å². The summed E-state index contributed by atoms with van der Waals surface area (Å²) in [6, 6.07) is 3.10. The van der Waals surface area contributed by atoms with Crippen LogP contribution in [-0.2, 0) is 0 Å². The fourth-order valence-electron chi connectivity index (χ4n) is 1.68. The Balaban J connectivity index is 1.96. The summed E-state index contributed by atoms with van der Waals surface area (Å²) in [5.74, 6) is 0.202. The maximum atomic E-state index is 11.8. The summed E-state index contributed by atoms with van der Waals surface area (Å²) in [6.07, 6.45) is 0. The number of amides is 1. The van der Waals surface area contributed by atoms with Crippen molar-refractivity contribution in [1.82, 2.24) is 4.90 Å². The number of hydrogen-bond donors (Lipinski definition) is 1. The first kappa shape index (κ1) is 11.5. The molecule has 5 heteroatoms. The van der Waals surface area contributed by atoms with Crippen LogP contribution in [0, 0.1) is 5.92 Å². The van der Waals surface area contributed by atoms with Gasteiger partial charge in [0, 0.05) is 19.0 Å². The van der Waals surface area contributed by atoms with Gasteiger partial charge in [0.2, 0.25) is 0 Å². The van der Waals surface area contributed by atoms with Crippen molar-refractivity contribution in [1.29, 1.82) is 0 Å². The van der Waals surface area contributed by atoms with E-state index in [-0.39, 0.29) is 22.8 Å². The Kier molecular flexibility index (Phi) is 2.72. The molecule has 1 amide bonds. The van der Waals surface area contributed by atoms with Crippen LogP contribution in [0.1, 0.15) is 24.4 Å². The normalized spacial score (nSPS) is 17.4. The molecule has 0 saturated carbocycles. The van der Waals surface area contributed by atoms with Crippen LogP contribution in [0.2, 0.25) is 5.22 Å². The first-order chi connectivity index (χ1) is 7.38. The zero-order chi connectivity index (χ0) is 11.9. The van der Waals surface area contributed by atoms with Crippen LogP contribution in [-0.4, -0.2) is 34.6 Å². The Hall–Kier alpha value is -1.00. The minimum Gasteiger partial charge on any atom is -0.440 e. The fourth-order valence-corrected chi connectivity index (χ4v) is 1.82. The lowest BCUT2D eigenvalue weighted by atomic mass is 9.84. The minimum absolute atomic E-state index is 0.127. The maximum Gasteiger partial charge on any atom is 0.289 e. The van der Waals surface area contributed by atoms with E-state index in [0.717, 1.165) is 0 Å². The van der Waals surface area contributed by atoms with Gasteiger partial charge >= 0.3 is 0 Å². The Labute approximate surface area is 98.8 Å². The lowest BCUT2D eigenvalue weighted by Crippen LogP contribution is -2.57. The van der Waals surface area contributed by atoms with Gasteiger partial charge in [-0.3, -0.25) is 4.79 Å². The Bertz CT molecular complexity index is 402. The summed E-state index contributed by atoms with van der Waals surface area (Å²) >= 11 is 5.59. The molecule has 0 aliphatic carbocycles. The molecule has 1 aromatic rings. The van der Waals surface area contributed by atoms with Crippen LogP contribution in [0.4, 0.5) is 0 Å². The SMILES string of the molecule is CC(C)(O)C1CN(C(=O)c2ccc(Cl)o2)C1. The fraction of sp³-hybridized carbons (Fsp3) is 0.545. The predicted octanol–water partition coefficient (Wildman–Crippen LogP) is 1.78. The number of hydrogen-bond acceptors (Lipinski definition) is 3. The highest BCUT2D eigenvalue weighted by atomic mass is 35.5. The van der Waals surface area contributed by atoms with Crippen LogP contribution in [0.5, 0.6) is 0 Å². The van der Waals surface area contributed by atoms with Gasteiger partial charge in [-0.05, 0) is 37.6 Å². The average Bonchev–Trinajstić information content (AvgIpc) is 2.45. The summed E-state index contributed by atoms with van der Waals surface area (Å²) in [5, 5.41) is 9.94. The van der Waals surface area contributed by atoms with Gasteiger partial charge in [-0.1, -0.05) is 0 Å². The van der Waals surface area contributed by atoms with E-state index in [1.165, 1.54) is 0 Å². The van der Waals surface area contributed by atoms with Gasteiger partial charge in [-0.2, -0.15) is 0 Å². The number of halogens is 1. The Morgan fingerprint density at radius 2 is 2.19 bits per heavy atom. The monoisotopic (exact) mass is 243 g/mol. The van der Waals surface area contributed by atoms with Crippen LogP contribution in [0.3, 0.4) is 0 Å². The van der Waals surface area contributed by atoms with E-state index < -0.39 is 5.60 Å². The summed E-state index contributed by atoms with van der Waals surface area (Å²) in [5.41, 5.74) is -0.739. The minimum atomic E-state index is -0.739. The summed E-state index contributed by atoms with van der Waals surface area (Å²) in [6.45, 7) is 4.62. The zero-order valence-electron chi connectivity index (χ0n) is 9.24. The molecule has 1 aliphatic heterocycles. The van der Waals surface area contributed by atoms with Crippen molar-refractivity contribution in [3.63, 3.8) is 0 Å². The van der Waals surface area contributed by atoms with Crippen molar-refractivity contribution in [3.05, 3.63) is 23.1 Å². The molecule has 0 atom stereocenters. The third-order valence-electron chi connectivity index (χ3n) is 2.95. The summed E-state index contributed by atoms with van der Waals surface area (Å²) < 4.78 is 5.03. The molecule has 16 heavy (non-hydrogen) atoms. The highest BCUT2D eigenvalue weighted by Gasteiger charge is 2.40. The molecule has 0 bridgehead atoms. The highest BCUT2D eigenvalue weighted by molar-refractivity contribution is 6.29. The topological polar surface area (TPSA) is 53.7 Å². The van der Waals surface area contributed by atoms with Crippen molar-refractivity contribution in [2.45, 2.75) is 19.4 Å². The van der Waals surface area contributed by atoms with E-state index in [9.17, 15) is 9.90 Å². The molecule has 1 saturated heterocycles. The van der Waals surface area contributed by atoms with Crippen molar-refractivity contribution >= 4 is 17.5 Å². The van der Waals surface area contributed by atoms with Gasteiger partial charge in [0.1, 0.15) is 0 Å². The van der Waals surface area contributed by atoms with Gasteiger partial charge in [0.05, 0.1) is 5.60 Å². The van der Waals surface area contributed by atoms with Crippen LogP contribution in [0.25, 0.3) is 0 Å². The molecular weight excluding hydrogens is 230 g/mol. The van der Waals surface area contributed by atoms with Crippen LogP contribution < -0.4 is 0 Å². The molecule has 0 unspecified atom stereocenters. The number of likely N-dealkylation sites (tertiary alicyclic amines) is 1. The summed E-state index contributed by atoms with van der Waals surface area (Å²) in [7, 11) is 0. The van der Waals surface area contributed by atoms with Gasteiger partial charge in [-0.25, -0.2) is 0 Å². The van der Waals surface area contributed by atoms with Crippen molar-refractivity contribution < 1.29 is 14.3 Å². The molecule has 1 fully saturated rings. The molecule has 4 nitrogen and oxygen atoms in total. The van der Waals surface area contributed by atoms with E-state index in [1.54, 1.807) is 30.9 Å². The van der Waals surface area contributed by atoms with E-state index in [2.05, 4.69) is 0 Å². The quantitative estimate of drug-likeness (QED) is 0.862. The number of carbonyl (C=O) groups is 1. The Morgan fingerprint density at radius 1 is 1.56 bits per heavy atom. The third kappa shape index (κ3) is 2.08. The zero-order valence-corrected chi connectivity index (χ0v) is 9.99. The largest absolute Gasteiger partial charge is 0.440 e. The molecule has 1 aliphatic rings. The molecule has 1 aromatic heterocycles. The van der Waals surface area contributed by atoms with Crippen LogP contribution in [0.15, 0.2) is 16.5 Å². The Morgan fingerprint density at radius 3 is 2.62 bits per heavy atom. The number of furan rings is 1. The molecule has 0 spiro atoms. The molecule has 2 rings (SSSR count). The molecule has 1 N–H and O–H groups in total. The standard InChI is InChI=1S/C11H14ClNO3/c1-11(2,15)7-5-13(6-7)10(14)8-3-4-9(12)16-8/h3-4,7,15H,5-6H2,1-2H3.